The molecule has 0 aliphatic heterocycles. The van der Waals surface area contributed by atoms with Crippen molar-refractivity contribution in [1.82, 2.24) is 5.32 Å². The lowest BCUT2D eigenvalue weighted by Gasteiger charge is -2.20. The fraction of sp³-hybridized carbons (Fsp3) is 0.529. The first-order valence-electron chi connectivity index (χ1n) is 8.52. The zero-order chi connectivity index (χ0) is 19.3. The number of ether oxygens (including phenoxy) is 1. The van der Waals surface area contributed by atoms with Crippen molar-refractivity contribution in [3.8, 4) is 0 Å². The maximum absolute atomic E-state index is 12.3. The number of primary sulfonamides is 1. The largest absolute Gasteiger partial charge is 0.449 e. The van der Waals surface area contributed by atoms with Gasteiger partial charge in [-0.2, -0.15) is 0 Å². The number of carbonyl (C=O) groups excluding carboxylic acids is 2. The molecule has 1 fully saturated rings. The van der Waals surface area contributed by atoms with Crippen LogP contribution < -0.4 is 10.5 Å². The van der Waals surface area contributed by atoms with E-state index < -0.39 is 22.1 Å². The van der Waals surface area contributed by atoms with Crippen molar-refractivity contribution in [2.75, 3.05) is 0 Å². The van der Waals surface area contributed by atoms with Crippen LogP contribution in [0.4, 0.5) is 0 Å². The van der Waals surface area contributed by atoms with Crippen molar-refractivity contribution in [2.45, 2.75) is 62.5 Å². The fourth-order valence-corrected chi connectivity index (χ4v) is 3.59. The van der Waals surface area contributed by atoms with E-state index in [-0.39, 0.29) is 27.4 Å². The van der Waals surface area contributed by atoms with E-state index in [2.05, 4.69) is 5.32 Å². The number of amides is 1. The highest BCUT2D eigenvalue weighted by Crippen LogP contribution is 2.22. The van der Waals surface area contributed by atoms with Gasteiger partial charge in [0, 0.05) is 6.04 Å². The quantitative estimate of drug-likeness (QED) is 0.579. The predicted octanol–water partition coefficient (Wildman–Crippen LogP) is 2.37. The van der Waals surface area contributed by atoms with Crippen LogP contribution in [0.15, 0.2) is 23.1 Å². The SMILES string of the molecule is C[C@@H](OC(=O)c1cc(S(N)(=O)=O)ccc1Cl)C(=O)NC1CCCCCC1. The maximum Gasteiger partial charge on any atom is 0.340 e. The molecule has 0 bridgehead atoms. The van der Waals surface area contributed by atoms with E-state index in [4.69, 9.17) is 21.5 Å². The minimum atomic E-state index is -3.99. The Hall–Kier alpha value is -1.64. The highest BCUT2D eigenvalue weighted by Gasteiger charge is 2.24. The van der Waals surface area contributed by atoms with Gasteiger partial charge in [0.2, 0.25) is 10.0 Å². The Kier molecular flexibility index (Phi) is 7.02. The van der Waals surface area contributed by atoms with Crippen molar-refractivity contribution in [2.24, 2.45) is 5.14 Å². The number of rotatable bonds is 5. The van der Waals surface area contributed by atoms with Gasteiger partial charge in [0.25, 0.3) is 5.91 Å². The number of esters is 1. The zero-order valence-corrected chi connectivity index (χ0v) is 16.1. The molecule has 1 aromatic carbocycles. The first-order chi connectivity index (χ1) is 12.2. The summed E-state index contributed by atoms with van der Waals surface area (Å²) in [4.78, 5) is 24.3. The van der Waals surface area contributed by atoms with E-state index in [0.717, 1.165) is 44.6 Å². The summed E-state index contributed by atoms with van der Waals surface area (Å²) in [5.41, 5.74) is -0.160. The van der Waals surface area contributed by atoms with Gasteiger partial charge in [0.1, 0.15) is 0 Å². The Bertz CT molecular complexity index is 773. The van der Waals surface area contributed by atoms with Gasteiger partial charge in [-0.05, 0) is 38.0 Å². The Morgan fingerprint density at radius 3 is 2.42 bits per heavy atom. The Balaban J connectivity index is 2.03. The minimum Gasteiger partial charge on any atom is -0.449 e. The molecule has 0 aromatic heterocycles. The molecule has 26 heavy (non-hydrogen) atoms. The Labute approximate surface area is 158 Å². The highest BCUT2D eigenvalue weighted by atomic mass is 35.5. The molecule has 1 atom stereocenters. The molecule has 1 aliphatic rings. The summed E-state index contributed by atoms with van der Waals surface area (Å²) in [5, 5.41) is 7.97. The molecule has 0 spiro atoms. The van der Waals surface area contributed by atoms with Gasteiger partial charge >= 0.3 is 5.97 Å². The normalized spacial score (nSPS) is 17.2. The van der Waals surface area contributed by atoms with Gasteiger partial charge in [-0.3, -0.25) is 4.79 Å². The van der Waals surface area contributed by atoms with E-state index >= 15 is 0 Å². The third-order valence-corrected chi connectivity index (χ3v) is 5.58. The van der Waals surface area contributed by atoms with E-state index in [9.17, 15) is 18.0 Å². The molecule has 1 aromatic rings. The summed E-state index contributed by atoms with van der Waals surface area (Å²) < 4.78 is 28.0. The fourth-order valence-electron chi connectivity index (χ4n) is 2.86. The monoisotopic (exact) mass is 402 g/mol. The Morgan fingerprint density at radius 2 is 1.85 bits per heavy atom. The molecule has 0 heterocycles. The van der Waals surface area contributed by atoms with Crippen molar-refractivity contribution < 1.29 is 22.7 Å². The van der Waals surface area contributed by atoms with E-state index in [1.54, 1.807) is 0 Å². The number of hydrogen-bond donors (Lipinski definition) is 2. The van der Waals surface area contributed by atoms with Gasteiger partial charge < -0.3 is 10.1 Å². The molecule has 0 unspecified atom stereocenters. The van der Waals surface area contributed by atoms with Crippen LogP contribution in [0.3, 0.4) is 0 Å². The van der Waals surface area contributed by atoms with Crippen LogP contribution in [0.25, 0.3) is 0 Å². The first kappa shape index (κ1) is 20.7. The molecule has 9 heteroatoms. The molecule has 2 rings (SSSR count). The van der Waals surface area contributed by atoms with Crippen LogP contribution in [0.2, 0.25) is 5.02 Å². The molecular weight excluding hydrogens is 380 g/mol. The summed E-state index contributed by atoms with van der Waals surface area (Å²) in [6.07, 6.45) is 5.25. The second-order valence-electron chi connectivity index (χ2n) is 6.43. The van der Waals surface area contributed by atoms with Crippen LogP contribution in [-0.4, -0.2) is 32.4 Å². The lowest BCUT2D eigenvalue weighted by molar-refractivity contribution is -0.129. The third kappa shape index (κ3) is 5.69. The van der Waals surface area contributed by atoms with Gasteiger partial charge in [-0.25, -0.2) is 18.4 Å². The number of nitrogens with two attached hydrogens (primary N) is 1. The van der Waals surface area contributed by atoms with Crippen LogP contribution in [-0.2, 0) is 19.6 Å². The summed E-state index contributed by atoms with van der Waals surface area (Å²) in [6.45, 7) is 1.46. The number of nitrogens with one attached hydrogen (secondary N) is 1. The lowest BCUT2D eigenvalue weighted by atomic mass is 10.1. The summed E-state index contributed by atoms with van der Waals surface area (Å²) in [7, 11) is -3.99. The second-order valence-corrected chi connectivity index (χ2v) is 8.40. The molecule has 7 nitrogen and oxygen atoms in total. The zero-order valence-electron chi connectivity index (χ0n) is 14.5. The van der Waals surface area contributed by atoms with Crippen molar-refractivity contribution in [1.29, 1.82) is 0 Å². The molecule has 1 aliphatic carbocycles. The average molecular weight is 403 g/mol. The summed E-state index contributed by atoms with van der Waals surface area (Å²) in [5.74, 6) is -1.27. The van der Waals surface area contributed by atoms with Gasteiger partial charge in [-0.15, -0.1) is 0 Å². The standard InChI is InChI=1S/C17H23ClN2O5S/c1-11(16(21)20-12-6-4-2-3-5-7-12)25-17(22)14-10-13(26(19,23)24)8-9-15(14)18/h8-12H,2-7H2,1H3,(H,20,21)(H2,19,23,24)/t11-/m1/s1. The van der Waals surface area contributed by atoms with Crippen molar-refractivity contribution >= 4 is 33.5 Å². The smallest absolute Gasteiger partial charge is 0.340 e. The van der Waals surface area contributed by atoms with E-state index in [1.165, 1.54) is 19.1 Å². The molecule has 0 radical (unpaired) electrons. The molecular formula is C17H23ClN2O5S. The molecule has 144 valence electrons. The number of carbonyl (C=O) groups is 2. The highest BCUT2D eigenvalue weighted by molar-refractivity contribution is 7.89. The van der Waals surface area contributed by atoms with Gasteiger partial charge in [0.15, 0.2) is 6.10 Å². The topological polar surface area (TPSA) is 116 Å². The van der Waals surface area contributed by atoms with Crippen molar-refractivity contribution in [3.63, 3.8) is 0 Å². The van der Waals surface area contributed by atoms with E-state index in [1.807, 2.05) is 0 Å². The second kappa shape index (κ2) is 8.83. The Morgan fingerprint density at radius 1 is 1.23 bits per heavy atom. The van der Waals surface area contributed by atoms with E-state index in [0.29, 0.717) is 0 Å². The molecule has 3 N–H and O–H groups in total. The number of halogens is 1. The van der Waals surface area contributed by atoms with Gasteiger partial charge in [0.05, 0.1) is 15.5 Å². The van der Waals surface area contributed by atoms with Crippen LogP contribution in [0.5, 0.6) is 0 Å². The average Bonchev–Trinajstić information content (AvgIpc) is 2.82. The lowest BCUT2D eigenvalue weighted by Crippen LogP contribution is -2.41. The predicted molar refractivity (Wildman–Crippen MR) is 97.3 cm³/mol. The molecule has 1 amide bonds. The van der Waals surface area contributed by atoms with Crippen LogP contribution in [0.1, 0.15) is 55.8 Å². The van der Waals surface area contributed by atoms with Crippen molar-refractivity contribution in [3.05, 3.63) is 28.8 Å². The number of benzene rings is 1. The summed E-state index contributed by atoms with van der Waals surface area (Å²) in [6, 6.07) is 3.56. The summed E-state index contributed by atoms with van der Waals surface area (Å²) >= 11 is 5.94. The molecule has 1 saturated carbocycles. The molecule has 0 saturated heterocycles. The van der Waals surface area contributed by atoms with Gasteiger partial charge in [-0.1, -0.05) is 37.3 Å². The minimum absolute atomic E-state index is 0.0128. The maximum atomic E-state index is 12.3. The number of hydrogen-bond acceptors (Lipinski definition) is 5. The van der Waals surface area contributed by atoms with Crippen LogP contribution >= 0.6 is 11.6 Å². The third-order valence-electron chi connectivity index (χ3n) is 4.34. The first-order valence-corrected chi connectivity index (χ1v) is 10.4. The number of sulfonamides is 1. The van der Waals surface area contributed by atoms with Crippen LogP contribution in [0, 0.1) is 0 Å².